The van der Waals surface area contributed by atoms with Crippen LogP contribution in [0.25, 0.3) is 11.3 Å². The van der Waals surface area contributed by atoms with Gasteiger partial charge in [-0.25, -0.2) is 8.78 Å². The van der Waals surface area contributed by atoms with Gasteiger partial charge in [0.05, 0.1) is 0 Å². The Kier molecular flexibility index (Phi) is 5.67. The van der Waals surface area contributed by atoms with Crippen molar-refractivity contribution in [1.29, 1.82) is 0 Å². The standard InChI is InChI=1S/C27H20F2N2O3/c28-21-7-1-5-18(12-21)26(32)30-23-9-3-4-17(14-23)25-15-20-16-31(11-10-24(20)34-25)27(33)19-6-2-8-22(29)13-19/h1-9,12-15H,10-11,16H2,(H,30,32). The lowest BCUT2D eigenvalue weighted by Crippen LogP contribution is -2.35. The average molecular weight is 458 g/mol. The second kappa shape index (κ2) is 8.94. The molecule has 0 saturated heterocycles. The number of hydrogen-bond donors (Lipinski definition) is 1. The van der Waals surface area contributed by atoms with Crippen molar-refractivity contribution >= 4 is 17.5 Å². The average Bonchev–Trinajstić information content (AvgIpc) is 3.27. The molecule has 1 N–H and O–H groups in total. The van der Waals surface area contributed by atoms with Crippen LogP contribution in [0.2, 0.25) is 0 Å². The number of benzene rings is 3. The molecule has 5 rings (SSSR count). The van der Waals surface area contributed by atoms with Gasteiger partial charge in [-0.15, -0.1) is 0 Å². The molecule has 0 saturated carbocycles. The fourth-order valence-corrected chi connectivity index (χ4v) is 4.04. The largest absolute Gasteiger partial charge is 0.461 e. The first kappa shape index (κ1) is 21.6. The van der Waals surface area contributed by atoms with E-state index in [1.54, 1.807) is 35.2 Å². The third kappa shape index (κ3) is 4.45. The lowest BCUT2D eigenvalue weighted by Gasteiger charge is -2.26. The predicted octanol–water partition coefficient (Wildman–Crippen LogP) is 5.68. The molecule has 1 aliphatic rings. The van der Waals surface area contributed by atoms with Crippen LogP contribution in [0.5, 0.6) is 0 Å². The molecule has 0 radical (unpaired) electrons. The van der Waals surface area contributed by atoms with Crippen LogP contribution in [0, 0.1) is 11.6 Å². The van der Waals surface area contributed by atoms with Crippen molar-refractivity contribution in [3.8, 4) is 11.3 Å². The molecular formula is C27H20F2N2O3. The third-order valence-electron chi connectivity index (χ3n) is 5.72. The van der Waals surface area contributed by atoms with Crippen LogP contribution in [-0.4, -0.2) is 23.3 Å². The molecule has 3 aromatic carbocycles. The zero-order chi connectivity index (χ0) is 23.7. The van der Waals surface area contributed by atoms with Gasteiger partial charge < -0.3 is 14.6 Å². The molecule has 0 bridgehead atoms. The number of rotatable bonds is 4. The number of fused-ring (bicyclic) bond motifs is 1. The summed E-state index contributed by atoms with van der Waals surface area (Å²) >= 11 is 0. The van der Waals surface area contributed by atoms with Gasteiger partial charge in [0, 0.05) is 47.5 Å². The van der Waals surface area contributed by atoms with E-state index in [0.29, 0.717) is 36.5 Å². The first-order valence-corrected chi connectivity index (χ1v) is 10.8. The molecule has 1 aromatic heterocycles. The Morgan fingerprint density at radius 2 is 1.56 bits per heavy atom. The number of amides is 2. The molecule has 34 heavy (non-hydrogen) atoms. The topological polar surface area (TPSA) is 62.6 Å². The quantitative estimate of drug-likeness (QED) is 0.428. The van der Waals surface area contributed by atoms with Crippen LogP contribution in [0.4, 0.5) is 14.5 Å². The van der Waals surface area contributed by atoms with E-state index in [0.717, 1.165) is 16.9 Å². The van der Waals surface area contributed by atoms with Crippen LogP contribution in [0.1, 0.15) is 32.0 Å². The van der Waals surface area contributed by atoms with Crippen molar-refractivity contribution in [3.05, 3.63) is 113 Å². The van der Waals surface area contributed by atoms with Crippen molar-refractivity contribution in [1.82, 2.24) is 4.90 Å². The van der Waals surface area contributed by atoms with E-state index in [-0.39, 0.29) is 11.5 Å². The maximum Gasteiger partial charge on any atom is 0.255 e. The highest BCUT2D eigenvalue weighted by Crippen LogP contribution is 2.31. The summed E-state index contributed by atoms with van der Waals surface area (Å²) in [6.45, 7) is 0.837. The fourth-order valence-electron chi connectivity index (χ4n) is 4.04. The summed E-state index contributed by atoms with van der Waals surface area (Å²) in [6, 6.07) is 20.2. The number of anilines is 1. The van der Waals surface area contributed by atoms with Gasteiger partial charge in [0.25, 0.3) is 11.8 Å². The Bertz CT molecular complexity index is 1400. The van der Waals surface area contributed by atoms with E-state index in [1.807, 2.05) is 12.1 Å². The Morgan fingerprint density at radius 3 is 2.32 bits per heavy atom. The number of carbonyl (C=O) groups is 2. The maximum absolute atomic E-state index is 13.5. The van der Waals surface area contributed by atoms with E-state index >= 15 is 0 Å². The van der Waals surface area contributed by atoms with Crippen LogP contribution >= 0.6 is 0 Å². The summed E-state index contributed by atoms with van der Waals surface area (Å²) in [5.41, 5.74) is 2.73. The second-order valence-corrected chi connectivity index (χ2v) is 8.09. The highest BCUT2D eigenvalue weighted by molar-refractivity contribution is 6.04. The van der Waals surface area contributed by atoms with Gasteiger partial charge in [-0.1, -0.05) is 24.3 Å². The summed E-state index contributed by atoms with van der Waals surface area (Å²) in [5.74, 6) is -0.151. The zero-order valence-corrected chi connectivity index (χ0v) is 18.1. The Morgan fingerprint density at radius 1 is 0.853 bits per heavy atom. The number of nitrogens with zero attached hydrogens (tertiary/aromatic N) is 1. The minimum absolute atomic E-state index is 0.224. The number of halogens is 2. The molecule has 0 unspecified atom stereocenters. The van der Waals surface area contributed by atoms with Crippen LogP contribution < -0.4 is 5.32 Å². The van der Waals surface area contributed by atoms with E-state index in [4.69, 9.17) is 4.42 Å². The smallest absolute Gasteiger partial charge is 0.255 e. The van der Waals surface area contributed by atoms with Gasteiger partial charge in [-0.3, -0.25) is 9.59 Å². The van der Waals surface area contributed by atoms with E-state index in [9.17, 15) is 18.4 Å². The van der Waals surface area contributed by atoms with Crippen molar-refractivity contribution in [2.45, 2.75) is 13.0 Å². The number of nitrogens with one attached hydrogen (secondary N) is 1. The minimum Gasteiger partial charge on any atom is -0.461 e. The first-order chi connectivity index (χ1) is 16.5. The molecule has 5 nitrogen and oxygen atoms in total. The fraction of sp³-hybridized carbons (Fsp3) is 0.111. The summed E-state index contributed by atoms with van der Waals surface area (Å²) < 4.78 is 33.0. The second-order valence-electron chi connectivity index (χ2n) is 8.09. The summed E-state index contributed by atoms with van der Waals surface area (Å²) in [6.07, 6.45) is 0.548. The van der Waals surface area contributed by atoms with Gasteiger partial charge >= 0.3 is 0 Å². The van der Waals surface area contributed by atoms with Crippen LogP contribution in [-0.2, 0) is 13.0 Å². The highest BCUT2D eigenvalue weighted by Gasteiger charge is 2.25. The Balaban J connectivity index is 1.33. The van der Waals surface area contributed by atoms with Crippen LogP contribution in [0.15, 0.2) is 83.3 Å². The van der Waals surface area contributed by atoms with Gasteiger partial charge in [0.15, 0.2) is 0 Å². The maximum atomic E-state index is 13.5. The van der Waals surface area contributed by atoms with Gasteiger partial charge in [-0.05, 0) is 54.6 Å². The van der Waals surface area contributed by atoms with Crippen molar-refractivity contribution in [2.75, 3.05) is 11.9 Å². The number of hydrogen-bond acceptors (Lipinski definition) is 3. The summed E-state index contributed by atoms with van der Waals surface area (Å²) in [7, 11) is 0. The first-order valence-electron chi connectivity index (χ1n) is 10.8. The Labute approximate surface area is 194 Å². The molecule has 170 valence electrons. The minimum atomic E-state index is -0.479. The summed E-state index contributed by atoms with van der Waals surface area (Å²) in [4.78, 5) is 26.9. The summed E-state index contributed by atoms with van der Waals surface area (Å²) in [5, 5.41) is 2.77. The molecular weight excluding hydrogens is 438 g/mol. The Hall–Kier alpha value is -4.26. The van der Waals surface area contributed by atoms with Crippen LogP contribution in [0.3, 0.4) is 0 Å². The molecule has 0 aliphatic carbocycles. The van der Waals surface area contributed by atoms with Crippen molar-refractivity contribution in [2.24, 2.45) is 0 Å². The van der Waals surface area contributed by atoms with Crippen molar-refractivity contribution in [3.63, 3.8) is 0 Å². The molecule has 2 heterocycles. The molecule has 7 heteroatoms. The lowest BCUT2D eigenvalue weighted by molar-refractivity contribution is 0.0729. The SMILES string of the molecule is O=C(Nc1cccc(-c2cc3c(o2)CCN(C(=O)c2cccc(F)c2)C3)c1)c1cccc(F)c1. The van der Waals surface area contributed by atoms with Gasteiger partial charge in [0.1, 0.15) is 23.2 Å². The van der Waals surface area contributed by atoms with Crippen molar-refractivity contribution < 1.29 is 22.8 Å². The number of carbonyl (C=O) groups excluding carboxylic acids is 2. The molecule has 2 amide bonds. The van der Waals surface area contributed by atoms with Gasteiger partial charge in [0.2, 0.25) is 0 Å². The van der Waals surface area contributed by atoms with E-state index in [1.165, 1.54) is 36.4 Å². The van der Waals surface area contributed by atoms with E-state index in [2.05, 4.69) is 5.32 Å². The zero-order valence-electron chi connectivity index (χ0n) is 18.1. The molecule has 0 spiro atoms. The molecule has 0 atom stereocenters. The normalized spacial score (nSPS) is 12.8. The van der Waals surface area contributed by atoms with Gasteiger partial charge in [-0.2, -0.15) is 0 Å². The third-order valence-corrected chi connectivity index (χ3v) is 5.72. The molecule has 0 fully saturated rings. The molecule has 1 aliphatic heterocycles. The monoisotopic (exact) mass is 458 g/mol. The van der Waals surface area contributed by atoms with E-state index < -0.39 is 17.5 Å². The number of furan rings is 1. The lowest BCUT2D eigenvalue weighted by atomic mass is 10.1. The predicted molar refractivity (Wildman–Crippen MR) is 123 cm³/mol. The molecule has 4 aromatic rings. The highest BCUT2D eigenvalue weighted by atomic mass is 19.1.